The molecule has 2 rings (SSSR count). The van der Waals surface area contributed by atoms with Crippen LogP contribution in [0.1, 0.15) is 29.3 Å². The van der Waals surface area contributed by atoms with Gasteiger partial charge in [-0.2, -0.15) is 0 Å². The Bertz CT molecular complexity index is 535. The zero-order valence-corrected chi connectivity index (χ0v) is 10.7. The molecular weight excluding hydrogens is 222 g/mol. The molecule has 0 amide bonds. The van der Waals surface area contributed by atoms with Gasteiger partial charge in [0, 0.05) is 12.0 Å². The maximum Gasteiger partial charge on any atom is 0.160 e. The lowest BCUT2D eigenvalue weighted by Crippen LogP contribution is -2.05. The standard InChI is InChI=1S/C11H15N3OS/c1-5-7(3)16-11-8(5)9(12)13-10(14-11)6(2)15-4/h6H,1-4H3,(H2,12,13,14). The second kappa shape index (κ2) is 3.99. The van der Waals surface area contributed by atoms with Gasteiger partial charge in [-0.15, -0.1) is 11.3 Å². The number of rotatable bonds is 2. The topological polar surface area (TPSA) is 61.0 Å². The van der Waals surface area contributed by atoms with E-state index in [4.69, 9.17) is 10.5 Å². The molecule has 86 valence electrons. The van der Waals surface area contributed by atoms with Crippen molar-refractivity contribution in [3.8, 4) is 0 Å². The highest BCUT2D eigenvalue weighted by atomic mass is 32.1. The third kappa shape index (κ3) is 1.66. The summed E-state index contributed by atoms with van der Waals surface area (Å²) in [6, 6.07) is 0. The highest BCUT2D eigenvalue weighted by Crippen LogP contribution is 2.32. The van der Waals surface area contributed by atoms with Crippen LogP contribution < -0.4 is 5.73 Å². The number of nitrogens with zero attached hydrogens (tertiary/aromatic N) is 2. The molecule has 0 bridgehead atoms. The summed E-state index contributed by atoms with van der Waals surface area (Å²) in [5, 5.41) is 0.981. The zero-order valence-electron chi connectivity index (χ0n) is 9.87. The van der Waals surface area contributed by atoms with Crippen molar-refractivity contribution in [2.24, 2.45) is 0 Å². The van der Waals surface area contributed by atoms with Gasteiger partial charge in [0.05, 0.1) is 5.39 Å². The molecule has 2 aromatic rings. The molecule has 0 radical (unpaired) electrons. The van der Waals surface area contributed by atoms with Crippen LogP contribution in [-0.2, 0) is 4.74 Å². The van der Waals surface area contributed by atoms with Crippen LogP contribution in [0.15, 0.2) is 0 Å². The quantitative estimate of drug-likeness (QED) is 0.872. The van der Waals surface area contributed by atoms with Crippen molar-refractivity contribution >= 4 is 27.4 Å². The van der Waals surface area contributed by atoms with E-state index in [1.54, 1.807) is 18.4 Å². The second-order valence-electron chi connectivity index (χ2n) is 3.81. The summed E-state index contributed by atoms with van der Waals surface area (Å²) in [5.74, 6) is 1.19. The Morgan fingerprint density at radius 1 is 1.31 bits per heavy atom. The molecule has 0 aliphatic carbocycles. The molecule has 2 N–H and O–H groups in total. The zero-order chi connectivity index (χ0) is 11.9. The number of ether oxygens (including phenoxy) is 1. The summed E-state index contributed by atoms with van der Waals surface area (Å²) in [5.41, 5.74) is 7.14. The number of anilines is 1. The Balaban J connectivity index is 2.68. The van der Waals surface area contributed by atoms with E-state index in [9.17, 15) is 0 Å². The van der Waals surface area contributed by atoms with Crippen molar-refractivity contribution < 1.29 is 4.74 Å². The van der Waals surface area contributed by atoms with E-state index in [2.05, 4.69) is 16.9 Å². The van der Waals surface area contributed by atoms with Gasteiger partial charge in [0.15, 0.2) is 5.82 Å². The lowest BCUT2D eigenvalue weighted by molar-refractivity contribution is 0.112. The third-order valence-electron chi connectivity index (χ3n) is 2.79. The van der Waals surface area contributed by atoms with E-state index in [1.165, 1.54) is 10.4 Å². The van der Waals surface area contributed by atoms with Gasteiger partial charge in [0.2, 0.25) is 0 Å². The van der Waals surface area contributed by atoms with Gasteiger partial charge < -0.3 is 10.5 Å². The monoisotopic (exact) mass is 237 g/mol. The molecule has 4 nitrogen and oxygen atoms in total. The minimum absolute atomic E-state index is 0.130. The predicted octanol–water partition coefficient (Wildman–Crippen LogP) is 2.60. The minimum Gasteiger partial charge on any atom is -0.383 e. The van der Waals surface area contributed by atoms with Crippen molar-refractivity contribution in [3.63, 3.8) is 0 Å². The molecule has 2 heterocycles. The van der Waals surface area contributed by atoms with Crippen molar-refractivity contribution in [1.82, 2.24) is 9.97 Å². The van der Waals surface area contributed by atoms with Crippen LogP contribution in [0.4, 0.5) is 5.82 Å². The number of thiophene rings is 1. The molecule has 5 heteroatoms. The predicted molar refractivity (Wildman–Crippen MR) is 66.7 cm³/mol. The fourth-order valence-corrected chi connectivity index (χ4v) is 2.63. The summed E-state index contributed by atoms with van der Waals surface area (Å²) in [7, 11) is 1.64. The van der Waals surface area contributed by atoms with Gasteiger partial charge in [-0.05, 0) is 26.3 Å². The van der Waals surface area contributed by atoms with Crippen LogP contribution in [0, 0.1) is 13.8 Å². The highest BCUT2D eigenvalue weighted by Gasteiger charge is 2.15. The molecular formula is C11H15N3OS. The van der Waals surface area contributed by atoms with Gasteiger partial charge >= 0.3 is 0 Å². The molecule has 2 aromatic heterocycles. The maximum absolute atomic E-state index is 5.96. The van der Waals surface area contributed by atoms with Crippen molar-refractivity contribution in [3.05, 3.63) is 16.3 Å². The van der Waals surface area contributed by atoms with Gasteiger partial charge in [0.1, 0.15) is 16.8 Å². The van der Waals surface area contributed by atoms with E-state index < -0.39 is 0 Å². The van der Waals surface area contributed by atoms with Crippen LogP contribution >= 0.6 is 11.3 Å². The average Bonchev–Trinajstić information content (AvgIpc) is 2.54. The van der Waals surface area contributed by atoms with Crippen molar-refractivity contribution in [1.29, 1.82) is 0 Å². The normalized spacial score (nSPS) is 13.2. The smallest absolute Gasteiger partial charge is 0.160 e. The fourth-order valence-electron chi connectivity index (χ4n) is 1.58. The number of hydrogen-bond acceptors (Lipinski definition) is 5. The Labute approximate surface area is 98.5 Å². The first-order chi connectivity index (χ1) is 7.54. The van der Waals surface area contributed by atoms with E-state index in [0.717, 1.165) is 10.2 Å². The molecule has 0 aliphatic heterocycles. The maximum atomic E-state index is 5.96. The lowest BCUT2D eigenvalue weighted by atomic mass is 10.2. The molecule has 0 aliphatic rings. The summed E-state index contributed by atoms with van der Waals surface area (Å²) < 4.78 is 5.20. The van der Waals surface area contributed by atoms with Crippen LogP contribution in [-0.4, -0.2) is 17.1 Å². The number of fused-ring (bicyclic) bond motifs is 1. The van der Waals surface area contributed by atoms with Gasteiger partial charge in [-0.25, -0.2) is 9.97 Å². The largest absolute Gasteiger partial charge is 0.383 e. The molecule has 1 unspecified atom stereocenters. The average molecular weight is 237 g/mol. The molecule has 0 spiro atoms. The van der Waals surface area contributed by atoms with Crippen LogP contribution in [0.2, 0.25) is 0 Å². The molecule has 16 heavy (non-hydrogen) atoms. The van der Waals surface area contributed by atoms with E-state index in [0.29, 0.717) is 11.6 Å². The lowest BCUT2D eigenvalue weighted by Gasteiger charge is -2.08. The molecule has 0 aromatic carbocycles. The Hall–Kier alpha value is -1.20. The number of nitrogen functional groups attached to an aromatic ring is 1. The summed E-state index contributed by atoms with van der Waals surface area (Å²) in [4.78, 5) is 11.0. The van der Waals surface area contributed by atoms with Crippen molar-refractivity contribution in [2.75, 3.05) is 12.8 Å². The first-order valence-electron chi connectivity index (χ1n) is 5.10. The minimum atomic E-state index is -0.130. The number of aryl methyl sites for hydroxylation is 2. The first-order valence-corrected chi connectivity index (χ1v) is 5.92. The SMILES string of the molecule is COC(C)c1nc(N)c2c(C)c(C)sc2n1. The second-order valence-corrected chi connectivity index (χ2v) is 5.01. The van der Waals surface area contributed by atoms with E-state index in [1.807, 2.05) is 13.8 Å². The van der Waals surface area contributed by atoms with Crippen LogP contribution in [0.3, 0.4) is 0 Å². The van der Waals surface area contributed by atoms with Gasteiger partial charge in [0.25, 0.3) is 0 Å². The van der Waals surface area contributed by atoms with Crippen LogP contribution in [0.25, 0.3) is 10.2 Å². The fraction of sp³-hybridized carbons (Fsp3) is 0.455. The van der Waals surface area contributed by atoms with E-state index in [-0.39, 0.29) is 6.10 Å². The molecule has 0 saturated carbocycles. The summed E-state index contributed by atoms with van der Waals surface area (Å²) >= 11 is 1.65. The Kier molecular flexibility index (Phi) is 2.82. The first kappa shape index (κ1) is 11.3. The van der Waals surface area contributed by atoms with E-state index >= 15 is 0 Å². The number of methoxy groups -OCH3 is 1. The summed E-state index contributed by atoms with van der Waals surface area (Å²) in [6.45, 7) is 6.03. The van der Waals surface area contributed by atoms with Gasteiger partial charge in [-0.3, -0.25) is 0 Å². The molecule has 0 saturated heterocycles. The van der Waals surface area contributed by atoms with Crippen LogP contribution in [0.5, 0.6) is 0 Å². The van der Waals surface area contributed by atoms with Gasteiger partial charge in [-0.1, -0.05) is 0 Å². The number of aromatic nitrogens is 2. The summed E-state index contributed by atoms with van der Waals surface area (Å²) in [6.07, 6.45) is -0.130. The molecule has 1 atom stereocenters. The highest BCUT2D eigenvalue weighted by molar-refractivity contribution is 7.18. The number of hydrogen-bond donors (Lipinski definition) is 1. The van der Waals surface area contributed by atoms with Crippen molar-refractivity contribution in [2.45, 2.75) is 26.9 Å². The Morgan fingerprint density at radius 3 is 2.62 bits per heavy atom. The molecule has 0 fully saturated rings. The number of nitrogens with two attached hydrogens (primary N) is 1. The third-order valence-corrected chi connectivity index (χ3v) is 3.89. The Morgan fingerprint density at radius 2 is 2.00 bits per heavy atom.